The number of aryl methyl sites for hydroxylation is 1. The van der Waals surface area contributed by atoms with Crippen LogP contribution in [0.1, 0.15) is 41.0 Å². The maximum absolute atomic E-state index is 12.8. The SMILES string of the molecule is Cc1ccc(CC2(O)CCN(C(=O)OCC3c4ccccc4-c4ccccc43)CC2)cc1. The van der Waals surface area contributed by atoms with Gasteiger partial charge in [0.05, 0.1) is 5.60 Å². The number of ether oxygens (including phenoxy) is 1. The van der Waals surface area contributed by atoms with Crippen molar-refractivity contribution in [3.05, 3.63) is 95.1 Å². The largest absolute Gasteiger partial charge is 0.448 e. The minimum absolute atomic E-state index is 0.0645. The summed E-state index contributed by atoms with van der Waals surface area (Å²) in [4.78, 5) is 14.5. The van der Waals surface area contributed by atoms with Crippen LogP contribution in [0.2, 0.25) is 0 Å². The van der Waals surface area contributed by atoms with Gasteiger partial charge in [-0.2, -0.15) is 0 Å². The first kappa shape index (κ1) is 20.8. The van der Waals surface area contributed by atoms with E-state index in [4.69, 9.17) is 4.74 Å². The summed E-state index contributed by atoms with van der Waals surface area (Å²) in [5, 5.41) is 11.0. The summed E-state index contributed by atoms with van der Waals surface area (Å²) < 4.78 is 5.78. The van der Waals surface area contributed by atoms with Gasteiger partial charge in [-0.1, -0.05) is 78.4 Å². The lowest BCUT2D eigenvalue weighted by Crippen LogP contribution is -2.48. The third kappa shape index (κ3) is 4.03. The first-order chi connectivity index (χ1) is 15.5. The fourth-order valence-electron chi connectivity index (χ4n) is 5.05. The zero-order chi connectivity index (χ0) is 22.1. The van der Waals surface area contributed by atoms with Crippen LogP contribution < -0.4 is 0 Å². The molecule has 1 aliphatic heterocycles. The van der Waals surface area contributed by atoms with Crippen molar-refractivity contribution in [1.82, 2.24) is 4.90 Å². The van der Waals surface area contributed by atoms with Crippen molar-refractivity contribution in [1.29, 1.82) is 0 Å². The van der Waals surface area contributed by atoms with Gasteiger partial charge in [-0.3, -0.25) is 0 Å². The summed E-state index contributed by atoms with van der Waals surface area (Å²) >= 11 is 0. The van der Waals surface area contributed by atoms with Crippen molar-refractivity contribution in [2.24, 2.45) is 0 Å². The van der Waals surface area contributed by atoms with E-state index in [1.807, 2.05) is 12.1 Å². The van der Waals surface area contributed by atoms with Gasteiger partial charge < -0.3 is 14.7 Å². The van der Waals surface area contributed by atoms with Crippen LogP contribution in [0.25, 0.3) is 11.1 Å². The van der Waals surface area contributed by atoms with E-state index in [-0.39, 0.29) is 12.0 Å². The average molecular weight is 428 g/mol. The maximum atomic E-state index is 12.8. The standard InChI is InChI=1S/C28H29NO3/c1-20-10-12-21(13-11-20)18-28(31)14-16-29(17-15-28)27(30)32-19-26-24-8-4-2-6-22(24)23-7-3-5-9-25(23)26/h2-13,26,31H,14-19H2,1H3. The van der Waals surface area contributed by atoms with Crippen LogP contribution in [-0.4, -0.2) is 41.4 Å². The summed E-state index contributed by atoms with van der Waals surface area (Å²) in [7, 11) is 0. The Labute approximate surface area is 189 Å². The smallest absolute Gasteiger partial charge is 0.409 e. The number of benzene rings is 3. The number of aliphatic hydroxyl groups is 1. The van der Waals surface area contributed by atoms with E-state index < -0.39 is 5.60 Å². The van der Waals surface area contributed by atoms with Crippen LogP contribution in [0.15, 0.2) is 72.8 Å². The van der Waals surface area contributed by atoms with Gasteiger partial charge in [0.2, 0.25) is 0 Å². The maximum Gasteiger partial charge on any atom is 0.409 e. The number of rotatable bonds is 4. The molecule has 0 aromatic heterocycles. The molecule has 1 amide bonds. The molecule has 4 heteroatoms. The van der Waals surface area contributed by atoms with Gasteiger partial charge in [-0.25, -0.2) is 4.79 Å². The van der Waals surface area contributed by atoms with E-state index in [2.05, 4.69) is 67.6 Å². The lowest BCUT2D eigenvalue weighted by atomic mass is 9.85. The molecular weight excluding hydrogens is 398 g/mol. The topological polar surface area (TPSA) is 49.8 Å². The van der Waals surface area contributed by atoms with Gasteiger partial charge in [0, 0.05) is 25.4 Å². The van der Waals surface area contributed by atoms with E-state index in [1.54, 1.807) is 4.90 Å². The molecule has 0 spiro atoms. The molecule has 3 aromatic carbocycles. The average Bonchev–Trinajstić information content (AvgIpc) is 3.13. The number of amides is 1. The molecule has 1 N–H and O–H groups in total. The van der Waals surface area contributed by atoms with Crippen LogP contribution in [0.5, 0.6) is 0 Å². The van der Waals surface area contributed by atoms with Crippen LogP contribution in [0.3, 0.4) is 0 Å². The highest BCUT2D eigenvalue weighted by molar-refractivity contribution is 5.79. The van der Waals surface area contributed by atoms with Gasteiger partial charge in [0.1, 0.15) is 6.61 Å². The number of piperidine rings is 1. The molecule has 2 aliphatic rings. The van der Waals surface area contributed by atoms with Crippen molar-refractivity contribution >= 4 is 6.09 Å². The van der Waals surface area contributed by atoms with E-state index in [9.17, 15) is 9.90 Å². The zero-order valence-corrected chi connectivity index (χ0v) is 18.5. The van der Waals surface area contributed by atoms with Gasteiger partial charge in [-0.05, 0) is 47.6 Å². The Bertz CT molecular complexity index is 1070. The first-order valence-electron chi connectivity index (χ1n) is 11.4. The molecule has 0 radical (unpaired) electrons. The Hall–Kier alpha value is -3.11. The number of carbonyl (C=O) groups is 1. The first-order valence-corrected chi connectivity index (χ1v) is 11.4. The van der Waals surface area contributed by atoms with Gasteiger partial charge in [-0.15, -0.1) is 0 Å². The van der Waals surface area contributed by atoms with E-state index in [0.29, 0.717) is 39.0 Å². The van der Waals surface area contributed by atoms with E-state index >= 15 is 0 Å². The Balaban J connectivity index is 1.19. The summed E-state index contributed by atoms with van der Waals surface area (Å²) in [5.74, 6) is 0.0645. The molecule has 0 bridgehead atoms. The minimum Gasteiger partial charge on any atom is -0.448 e. The molecule has 3 aromatic rings. The number of carbonyl (C=O) groups excluding carboxylic acids is 1. The Morgan fingerprint density at radius 3 is 2.09 bits per heavy atom. The quantitative estimate of drug-likeness (QED) is 0.614. The number of fused-ring (bicyclic) bond motifs is 3. The van der Waals surface area contributed by atoms with Crippen LogP contribution in [0.4, 0.5) is 4.79 Å². The summed E-state index contributed by atoms with van der Waals surface area (Å²) in [5.41, 5.74) is 6.46. The second-order valence-corrected chi connectivity index (χ2v) is 9.18. The molecule has 32 heavy (non-hydrogen) atoms. The second-order valence-electron chi connectivity index (χ2n) is 9.18. The highest BCUT2D eigenvalue weighted by Gasteiger charge is 2.35. The molecule has 1 saturated heterocycles. The van der Waals surface area contributed by atoms with Crippen molar-refractivity contribution in [3.63, 3.8) is 0 Å². The van der Waals surface area contributed by atoms with Gasteiger partial charge in [0.15, 0.2) is 0 Å². The van der Waals surface area contributed by atoms with Crippen LogP contribution >= 0.6 is 0 Å². The Morgan fingerprint density at radius 1 is 0.938 bits per heavy atom. The molecule has 1 aliphatic carbocycles. The van der Waals surface area contributed by atoms with Crippen molar-refractivity contribution in [3.8, 4) is 11.1 Å². The van der Waals surface area contributed by atoms with Crippen molar-refractivity contribution in [2.45, 2.75) is 37.7 Å². The monoisotopic (exact) mass is 427 g/mol. The lowest BCUT2D eigenvalue weighted by molar-refractivity contribution is -0.0200. The predicted molar refractivity (Wildman–Crippen MR) is 126 cm³/mol. The van der Waals surface area contributed by atoms with Gasteiger partial charge >= 0.3 is 6.09 Å². The summed E-state index contributed by atoms with van der Waals surface area (Å²) in [6.45, 7) is 3.42. The number of nitrogens with zero attached hydrogens (tertiary/aromatic N) is 1. The number of hydrogen-bond acceptors (Lipinski definition) is 3. The van der Waals surface area contributed by atoms with Gasteiger partial charge in [0.25, 0.3) is 0 Å². The molecule has 1 heterocycles. The molecule has 0 unspecified atom stereocenters. The molecule has 1 fully saturated rings. The fourth-order valence-corrected chi connectivity index (χ4v) is 5.05. The highest BCUT2D eigenvalue weighted by atomic mass is 16.6. The summed E-state index contributed by atoms with van der Waals surface area (Å²) in [6, 6.07) is 25.0. The molecule has 0 atom stereocenters. The Kier molecular flexibility index (Phi) is 5.48. The third-order valence-electron chi connectivity index (χ3n) is 6.94. The van der Waals surface area contributed by atoms with E-state index in [1.165, 1.54) is 27.8 Å². The highest BCUT2D eigenvalue weighted by Crippen LogP contribution is 2.44. The van der Waals surface area contributed by atoms with Crippen molar-refractivity contribution < 1.29 is 14.6 Å². The predicted octanol–water partition coefficient (Wildman–Crippen LogP) is 5.31. The fraction of sp³-hybridized carbons (Fsp3) is 0.321. The normalized spacial score (nSPS) is 17.0. The second kappa shape index (κ2) is 8.44. The molecule has 164 valence electrons. The lowest BCUT2D eigenvalue weighted by Gasteiger charge is -2.38. The van der Waals surface area contributed by atoms with Crippen molar-refractivity contribution in [2.75, 3.05) is 19.7 Å². The van der Waals surface area contributed by atoms with Crippen LogP contribution in [-0.2, 0) is 11.2 Å². The summed E-state index contributed by atoms with van der Waals surface area (Å²) in [6.07, 6.45) is 1.45. The number of hydrogen-bond donors (Lipinski definition) is 1. The third-order valence-corrected chi connectivity index (χ3v) is 6.94. The minimum atomic E-state index is -0.768. The molecule has 0 saturated carbocycles. The number of likely N-dealkylation sites (tertiary alicyclic amines) is 1. The Morgan fingerprint density at radius 2 is 1.50 bits per heavy atom. The zero-order valence-electron chi connectivity index (χ0n) is 18.5. The van der Waals surface area contributed by atoms with E-state index in [0.717, 1.165) is 5.56 Å². The van der Waals surface area contributed by atoms with Crippen LogP contribution in [0, 0.1) is 6.92 Å². The molecular formula is C28H29NO3. The molecule has 4 nitrogen and oxygen atoms in total. The molecule has 5 rings (SSSR count).